The van der Waals surface area contributed by atoms with Gasteiger partial charge in [0.25, 0.3) is 0 Å². The molecule has 110 valence electrons. The number of primary amides is 1. The number of carbonyl (C=O) groups excluding carboxylic acids is 2. The smallest absolute Gasteiger partial charge is 0.326 e. The van der Waals surface area contributed by atoms with Crippen molar-refractivity contribution in [2.75, 3.05) is 12.3 Å². The van der Waals surface area contributed by atoms with Gasteiger partial charge >= 0.3 is 12.0 Å². The largest absolute Gasteiger partial charge is 0.480 e. The second-order valence-electron chi connectivity index (χ2n) is 3.66. The van der Waals surface area contributed by atoms with E-state index in [0.717, 1.165) is 0 Å². The van der Waals surface area contributed by atoms with Gasteiger partial charge in [-0.25, -0.2) is 23.1 Å². The highest BCUT2D eigenvalue weighted by Gasteiger charge is 2.20. The third-order valence-corrected chi connectivity index (χ3v) is 2.73. The first-order valence-electron chi connectivity index (χ1n) is 5.18. The molecular formula is C8H16N4O6S. The Kier molecular flexibility index (Phi) is 6.79. The van der Waals surface area contributed by atoms with Crippen molar-refractivity contribution in [3.8, 4) is 0 Å². The highest BCUT2D eigenvalue weighted by Crippen LogP contribution is 1.97. The number of rotatable bonds is 8. The number of carboxylic acids is 1. The Hall–Kier alpha value is -1.88. The molecular weight excluding hydrogens is 280 g/mol. The highest BCUT2D eigenvalue weighted by atomic mass is 32.2. The molecule has 0 saturated carbocycles. The summed E-state index contributed by atoms with van der Waals surface area (Å²) in [5.74, 6) is -2.50. The lowest BCUT2D eigenvalue weighted by molar-refractivity contribution is -0.139. The first-order valence-corrected chi connectivity index (χ1v) is 6.89. The van der Waals surface area contributed by atoms with Gasteiger partial charge in [0.05, 0.1) is 5.75 Å². The molecule has 0 aliphatic rings. The molecule has 0 spiro atoms. The molecule has 0 rings (SSSR count). The summed E-state index contributed by atoms with van der Waals surface area (Å²) < 4.78 is 21.2. The molecule has 0 aliphatic carbocycles. The molecule has 0 unspecified atom stereocenters. The van der Waals surface area contributed by atoms with Crippen molar-refractivity contribution < 1.29 is 27.9 Å². The van der Waals surface area contributed by atoms with Crippen molar-refractivity contribution in [2.45, 2.75) is 18.9 Å². The van der Waals surface area contributed by atoms with Crippen molar-refractivity contribution >= 4 is 27.9 Å². The average molecular weight is 296 g/mol. The number of carboxylic acid groups (broad SMARTS) is 1. The summed E-state index contributed by atoms with van der Waals surface area (Å²) in [7, 11) is -3.71. The molecule has 0 aromatic carbocycles. The summed E-state index contributed by atoms with van der Waals surface area (Å²) in [6.07, 6.45) is -0.359. The zero-order valence-corrected chi connectivity index (χ0v) is 10.8. The van der Waals surface area contributed by atoms with Gasteiger partial charge in [0.1, 0.15) is 6.04 Å². The van der Waals surface area contributed by atoms with E-state index in [0.29, 0.717) is 0 Å². The summed E-state index contributed by atoms with van der Waals surface area (Å²) in [5.41, 5.74) is 4.86. The Bertz CT molecular complexity index is 448. The topological polar surface area (TPSA) is 182 Å². The van der Waals surface area contributed by atoms with Gasteiger partial charge in [-0.15, -0.1) is 0 Å². The number of carbonyl (C=O) groups is 3. The summed E-state index contributed by atoms with van der Waals surface area (Å²) in [6.45, 7) is -0.257. The van der Waals surface area contributed by atoms with Crippen molar-refractivity contribution in [2.24, 2.45) is 10.9 Å². The van der Waals surface area contributed by atoms with E-state index in [2.05, 4.69) is 10.6 Å². The lowest BCUT2D eigenvalue weighted by atomic mass is 10.1. The molecule has 0 radical (unpaired) electrons. The molecule has 3 amide bonds. The SMILES string of the molecule is NC(=O)CC[C@@H](NC(=O)NCCS(N)(=O)=O)C(=O)O. The van der Waals surface area contributed by atoms with Crippen LogP contribution in [0.25, 0.3) is 0 Å². The molecule has 19 heavy (non-hydrogen) atoms. The molecule has 10 nitrogen and oxygen atoms in total. The van der Waals surface area contributed by atoms with Crippen LogP contribution >= 0.6 is 0 Å². The van der Waals surface area contributed by atoms with E-state index < -0.39 is 39.7 Å². The fourth-order valence-electron chi connectivity index (χ4n) is 1.06. The van der Waals surface area contributed by atoms with Crippen LogP contribution < -0.4 is 21.5 Å². The number of amides is 3. The van der Waals surface area contributed by atoms with Crippen molar-refractivity contribution in [1.29, 1.82) is 0 Å². The van der Waals surface area contributed by atoms with E-state index >= 15 is 0 Å². The normalized spacial score (nSPS) is 12.5. The maximum Gasteiger partial charge on any atom is 0.326 e. The van der Waals surface area contributed by atoms with E-state index in [-0.39, 0.29) is 19.4 Å². The van der Waals surface area contributed by atoms with Gasteiger partial charge in [0.2, 0.25) is 15.9 Å². The van der Waals surface area contributed by atoms with Crippen LogP contribution in [-0.4, -0.2) is 49.8 Å². The molecule has 11 heteroatoms. The Morgan fingerprint density at radius 2 is 1.84 bits per heavy atom. The summed E-state index contributed by atoms with van der Waals surface area (Å²) in [6, 6.07) is -2.16. The van der Waals surface area contributed by atoms with E-state index in [1.54, 1.807) is 0 Å². The molecule has 1 atom stereocenters. The second kappa shape index (κ2) is 7.53. The molecule has 7 N–H and O–H groups in total. The van der Waals surface area contributed by atoms with Crippen LogP contribution in [-0.2, 0) is 19.6 Å². The van der Waals surface area contributed by atoms with Crippen LogP contribution in [0, 0.1) is 0 Å². The van der Waals surface area contributed by atoms with Crippen LogP contribution in [0.3, 0.4) is 0 Å². The first kappa shape index (κ1) is 17.1. The zero-order chi connectivity index (χ0) is 15.1. The van der Waals surface area contributed by atoms with E-state index in [1.807, 2.05) is 0 Å². The van der Waals surface area contributed by atoms with Crippen LogP contribution in [0.1, 0.15) is 12.8 Å². The van der Waals surface area contributed by atoms with Crippen molar-refractivity contribution in [3.05, 3.63) is 0 Å². The Morgan fingerprint density at radius 3 is 2.26 bits per heavy atom. The summed E-state index contributed by atoms with van der Waals surface area (Å²) in [4.78, 5) is 32.5. The third kappa shape index (κ3) is 9.79. The number of sulfonamides is 1. The minimum atomic E-state index is -3.71. The van der Waals surface area contributed by atoms with Crippen LogP contribution in [0.15, 0.2) is 0 Å². The Balaban J connectivity index is 4.17. The Labute approximate surface area is 109 Å². The number of primary sulfonamides is 1. The molecule has 0 aromatic heterocycles. The predicted molar refractivity (Wildman–Crippen MR) is 64.4 cm³/mol. The standard InChI is InChI=1S/C8H16N4O6S/c9-6(13)2-1-5(7(14)15)12-8(16)11-3-4-19(10,17)18/h5H,1-4H2,(H2,9,13)(H,14,15)(H2,10,17,18)(H2,11,12,16)/t5-/m1/s1. The lowest BCUT2D eigenvalue weighted by Gasteiger charge is -2.14. The van der Waals surface area contributed by atoms with Crippen molar-refractivity contribution in [1.82, 2.24) is 10.6 Å². The highest BCUT2D eigenvalue weighted by molar-refractivity contribution is 7.89. The molecule has 0 aromatic rings. The molecule has 0 aliphatic heterocycles. The summed E-state index contributed by atoms with van der Waals surface area (Å²) >= 11 is 0. The minimum absolute atomic E-state index is 0.159. The predicted octanol–water partition coefficient (Wildman–Crippen LogP) is -2.71. The molecule has 0 saturated heterocycles. The monoisotopic (exact) mass is 296 g/mol. The van der Waals surface area contributed by atoms with Crippen LogP contribution in [0.5, 0.6) is 0 Å². The third-order valence-electron chi connectivity index (χ3n) is 1.95. The van der Waals surface area contributed by atoms with Gasteiger partial charge in [-0.3, -0.25) is 4.79 Å². The maximum absolute atomic E-state index is 11.3. The van der Waals surface area contributed by atoms with E-state index in [1.165, 1.54) is 0 Å². The number of nitrogens with two attached hydrogens (primary N) is 2. The number of aliphatic carboxylic acids is 1. The van der Waals surface area contributed by atoms with Crippen LogP contribution in [0.2, 0.25) is 0 Å². The van der Waals surface area contributed by atoms with Crippen LogP contribution in [0.4, 0.5) is 4.79 Å². The Morgan fingerprint density at radius 1 is 1.26 bits per heavy atom. The number of urea groups is 1. The van der Waals surface area contributed by atoms with E-state index in [4.69, 9.17) is 16.0 Å². The fourth-order valence-corrected chi connectivity index (χ4v) is 1.45. The first-order chi connectivity index (χ1) is 8.61. The molecule has 0 bridgehead atoms. The minimum Gasteiger partial charge on any atom is -0.480 e. The van der Waals surface area contributed by atoms with Gasteiger partial charge in [-0.2, -0.15) is 0 Å². The maximum atomic E-state index is 11.3. The number of nitrogens with one attached hydrogen (secondary N) is 2. The van der Waals surface area contributed by atoms with E-state index in [9.17, 15) is 22.8 Å². The number of hydrogen-bond acceptors (Lipinski definition) is 5. The quantitative estimate of drug-likeness (QED) is 0.324. The van der Waals surface area contributed by atoms with Crippen molar-refractivity contribution in [3.63, 3.8) is 0 Å². The number of hydrogen-bond donors (Lipinski definition) is 5. The second-order valence-corrected chi connectivity index (χ2v) is 5.40. The van der Waals surface area contributed by atoms with Gasteiger partial charge in [-0.1, -0.05) is 0 Å². The summed E-state index contributed by atoms with van der Waals surface area (Å²) in [5, 5.41) is 17.7. The zero-order valence-electron chi connectivity index (χ0n) is 9.96. The van der Waals surface area contributed by atoms with Gasteiger partial charge in [-0.05, 0) is 6.42 Å². The van der Waals surface area contributed by atoms with Gasteiger partial charge < -0.3 is 21.5 Å². The average Bonchev–Trinajstić information content (AvgIpc) is 2.21. The molecule has 0 fully saturated rings. The molecule has 0 heterocycles. The lowest BCUT2D eigenvalue weighted by Crippen LogP contribution is -2.47. The van der Waals surface area contributed by atoms with Gasteiger partial charge in [0.15, 0.2) is 0 Å². The fraction of sp³-hybridized carbons (Fsp3) is 0.625. The van der Waals surface area contributed by atoms with Gasteiger partial charge in [0, 0.05) is 13.0 Å².